The van der Waals surface area contributed by atoms with E-state index in [4.69, 9.17) is 4.74 Å². The van der Waals surface area contributed by atoms with Crippen LogP contribution in [0.15, 0.2) is 41.3 Å². The lowest BCUT2D eigenvalue weighted by Gasteiger charge is -2.09. The third-order valence-corrected chi connectivity index (χ3v) is 4.50. The molecule has 2 aromatic carbocycles. The van der Waals surface area contributed by atoms with Crippen LogP contribution in [0.2, 0.25) is 0 Å². The topological polar surface area (TPSA) is 26.3 Å². The summed E-state index contributed by atoms with van der Waals surface area (Å²) in [6.45, 7) is 6.16. The maximum absolute atomic E-state index is 12.4. The zero-order chi connectivity index (χ0) is 15.4. The molecule has 0 fully saturated rings. The maximum Gasteiger partial charge on any atom is 0.176 e. The van der Waals surface area contributed by atoms with Gasteiger partial charge in [-0.1, -0.05) is 12.1 Å². The molecule has 2 rings (SSSR count). The van der Waals surface area contributed by atoms with Gasteiger partial charge in [-0.15, -0.1) is 11.8 Å². The molecule has 2 nitrogen and oxygen atoms in total. The van der Waals surface area contributed by atoms with Gasteiger partial charge in [0.05, 0.1) is 18.4 Å². The number of methoxy groups -OCH3 is 1. The second-order valence-electron chi connectivity index (χ2n) is 5.16. The summed E-state index contributed by atoms with van der Waals surface area (Å²) in [5.41, 5.74) is 4.26. The van der Waals surface area contributed by atoms with E-state index in [1.807, 2.05) is 25.1 Å². The Hall–Kier alpha value is -1.74. The quantitative estimate of drug-likeness (QED) is 0.596. The first kappa shape index (κ1) is 15.6. The molecule has 0 aliphatic heterocycles. The molecule has 3 heteroatoms. The molecule has 0 saturated carbocycles. The number of thioether (sulfide) groups is 1. The molecule has 0 atom stereocenters. The van der Waals surface area contributed by atoms with Crippen molar-refractivity contribution in [1.29, 1.82) is 0 Å². The van der Waals surface area contributed by atoms with Gasteiger partial charge in [-0.25, -0.2) is 0 Å². The fourth-order valence-electron chi connectivity index (χ4n) is 2.06. The van der Waals surface area contributed by atoms with Crippen molar-refractivity contribution in [1.82, 2.24) is 0 Å². The van der Waals surface area contributed by atoms with E-state index >= 15 is 0 Å². The molecule has 21 heavy (non-hydrogen) atoms. The molecule has 0 amide bonds. The molecule has 0 spiro atoms. The molecule has 110 valence electrons. The molecule has 0 heterocycles. The van der Waals surface area contributed by atoms with Gasteiger partial charge in [-0.05, 0) is 61.7 Å². The first-order valence-corrected chi connectivity index (χ1v) is 7.87. The predicted molar refractivity (Wildman–Crippen MR) is 88.7 cm³/mol. The molecule has 0 bridgehead atoms. The minimum absolute atomic E-state index is 0.0927. The van der Waals surface area contributed by atoms with E-state index in [9.17, 15) is 4.79 Å². The number of benzene rings is 2. The highest BCUT2D eigenvalue weighted by molar-refractivity contribution is 8.00. The van der Waals surface area contributed by atoms with Crippen molar-refractivity contribution in [2.45, 2.75) is 25.7 Å². The van der Waals surface area contributed by atoms with Crippen LogP contribution in [0.1, 0.15) is 27.0 Å². The normalized spacial score (nSPS) is 10.5. The molecule has 0 saturated heterocycles. The van der Waals surface area contributed by atoms with Gasteiger partial charge in [-0.3, -0.25) is 4.79 Å². The molecular weight excluding hydrogens is 280 g/mol. The molecule has 0 unspecified atom stereocenters. The number of carbonyl (C=O) groups is 1. The van der Waals surface area contributed by atoms with Crippen LogP contribution in [-0.2, 0) is 0 Å². The second-order valence-corrected chi connectivity index (χ2v) is 6.21. The number of carbonyl (C=O) groups excluding carboxylic acids is 1. The largest absolute Gasteiger partial charge is 0.496 e. The second kappa shape index (κ2) is 6.81. The van der Waals surface area contributed by atoms with Crippen LogP contribution in [0.25, 0.3) is 0 Å². The third kappa shape index (κ3) is 3.88. The van der Waals surface area contributed by atoms with Gasteiger partial charge in [0, 0.05) is 4.90 Å². The molecule has 0 aliphatic rings. The SMILES string of the molecule is COc1cc(C)ccc1C(=O)CSc1ccc(C)c(C)c1. The number of rotatable bonds is 5. The van der Waals surface area contributed by atoms with Gasteiger partial charge >= 0.3 is 0 Å². The summed E-state index contributed by atoms with van der Waals surface area (Å²) in [6.07, 6.45) is 0. The Bertz CT molecular complexity index is 662. The van der Waals surface area contributed by atoms with E-state index in [2.05, 4.69) is 32.0 Å². The van der Waals surface area contributed by atoms with Crippen LogP contribution in [0, 0.1) is 20.8 Å². The van der Waals surface area contributed by atoms with Crippen LogP contribution >= 0.6 is 11.8 Å². The van der Waals surface area contributed by atoms with Gasteiger partial charge in [-0.2, -0.15) is 0 Å². The van der Waals surface area contributed by atoms with Crippen molar-refractivity contribution in [3.8, 4) is 5.75 Å². The van der Waals surface area contributed by atoms with E-state index in [1.54, 1.807) is 18.9 Å². The van der Waals surface area contributed by atoms with Crippen molar-refractivity contribution < 1.29 is 9.53 Å². The smallest absolute Gasteiger partial charge is 0.176 e. The standard InChI is InChI=1S/C18H20O2S/c1-12-5-8-16(18(9-12)20-4)17(19)11-21-15-7-6-13(2)14(3)10-15/h5-10H,11H2,1-4H3. The minimum Gasteiger partial charge on any atom is -0.496 e. The lowest BCUT2D eigenvalue weighted by atomic mass is 10.1. The van der Waals surface area contributed by atoms with Gasteiger partial charge in [0.1, 0.15) is 5.75 Å². The highest BCUT2D eigenvalue weighted by Gasteiger charge is 2.12. The molecule has 2 aromatic rings. The lowest BCUT2D eigenvalue weighted by molar-refractivity contribution is 0.101. The fraction of sp³-hybridized carbons (Fsp3) is 0.278. The Morgan fingerprint density at radius 2 is 1.81 bits per heavy atom. The minimum atomic E-state index is 0.0927. The number of ether oxygens (including phenoxy) is 1. The zero-order valence-corrected chi connectivity index (χ0v) is 13.7. The molecule has 0 aliphatic carbocycles. The van der Waals surface area contributed by atoms with Crippen molar-refractivity contribution in [3.63, 3.8) is 0 Å². The first-order valence-electron chi connectivity index (χ1n) is 6.89. The summed E-state index contributed by atoms with van der Waals surface area (Å²) >= 11 is 1.56. The Labute approximate surface area is 130 Å². The summed E-state index contributed by atoms with van der Waals surface area (Å²) in [7, 11) is 1.60. The predicted octanol–water partition coefficient (Wildman–Crippen LogP) is 4.60. The molecule has 0 N–H and O–H groups in total. The molecule has 0 aromatic heterocycles. The van der Waals surface area contributed by atoms with Crippen LogP contribution in [0.5, 0.6) is 5.75 Å². The van der Waals surface area contributed by atoms with Gasteiger partial charge in [0.15, 0.2) is 5.78 Å². The Balaban J connectivity index is 2.09. The lowest BCUT2D eigenvalue weighted by Crippen LogP contribution is -2.05. The number of Topliss-reactive ketones (excluding diaryl/α,β-unsaturated/α-hetero) is 1. The number of ketones is 1. The zero-order valence-electron chi connectivity index (χ0n) is 12.9. The van der Waals surface area contributed by atoms with E-state index in [1.165, 1.54) is 11.1 Å². The molecular formula is C18H20O2S. The van der Waals surface area contributed by atoms with Crippen molar-refractivity contribution >= 4 is 17.5 Å². The van der Waals surface area contributed by atoms with Gasteiger partial charge in [0.2, 0.25) is 0 Å². The number of hydrogen-bond acceptors (Lipinski definition) is 3. The Kier molecular flexibility index (Phi) is 5.07. The van der Waals surface area contributed by atoms with Crippen LogP contribution in [-0.4, -0.2) is 18.6 Å². The van der Waals surface area contributed by atoms with E-state index in [-0.39, 0.29) is 5.78 Å². The fourth-order valence-corrected chi connectivity index (χ4v) is 2.94. The van der Waals surface area contributed by atoms with E-state index in [0.717, 1.165) is 10.5 Å². The Morgan fingerprint density at radius 1 is 1.05 bits per heavy atom. The van der Waals surface area contributed by atoms with Crippen molar-refractivity contribution in [2.24, 2.45) is 0 Å². The van der Waals surface area contributed by atoms with E-state index in [0.29, 0.717) is 17.1 Å². The highest BCUT2D eigenvalue weighted by Crippen LogP contribution is 2.25. The average molecular weight is 300 g/mol. The van der Waals surface area contributed by atoms with E-state index < -0.39 is 0 Å². The first-order chi connectivity index (χ1) is 10.0. The molecule has 0 radical (unpaired) electrons. The van der Waals surface area contributed by atoms with Crippen LogP contribution in [0.3, 0.4) is 0 Å². The monoisotopic (exact) mass is 300 g/mol. The van der Waals surface area contributed by atoms with Crippen LogP contribution in [0.4, 0.5) is 0 Å². The third-order valence-electron chi connectivity index (χ3n) is 3.51. The summed E-state index contributed by atoms with van der Waals surface area (Å²) in [5.74, 6) is 1.16. The summed E-state index contributed by atoms with van der Waals surface area (Å²) in [4.78, 5) is 13.5. The number of aryl methyl sites for hydroxylation is 3. The maximum atomic E-state index is 12.4. The van der Waals surface area contributed by atoms with Crippen molar-refractivity contribution in [3.05, 3.63) is 58.7 Å². The van der Waals surface area contributed by atoms with Gasteiger partial charge in [0.25, 0.3) is 0 Å². The number of hydrogen-bond donors (Lipinski definition) is 0. The summed E-state index contributed by atoms with van der Waals surface area (Å²) < 4.78 is 5.30. The van der Waals surface area contributed by atoms with Crippen molar-refractivity contribution in [2.75, 3.05) is 12.9 Å². The summed E-state index contributed by atoms with van der Waals surface area (Å²) in [5, 5.41) is 0. The van der Waals surface area contributed by atoms with Crippen LogP contribution < -0.4 is 4.74 Å². The highest BCUT2D eigenvalue weighted by atomic mass is 32.2. The van der Waals surface area contributed by atoms with Gasteiger partial charge < -0.3 is 4.74 Å². The Morgan fingerprint density at radius 3 is 2.48 bits per heavy atom. The average Bonchev–Trinajstić information content (AvgIpc) is 2.48. The summed E-state index contributed by atoms with van der Waals surface area (Å²) in [6, 6.07) is 12.0.